The predicted octanol–water partition coefficient (Wildman–Crippen LogP) is 2.25. The lowest BCUT2D eigenvalue weighted by Crippen LogP contribution is -2.68. The van der Waals surface area contributed by atoms with Crippen molar-refractivity contribution in [1.82, 2.24) is 0 Å². The molecule has 19 atom stereocenters. The summed E-state index contributed by atoms with van der Waals surface area (Å²) >= 11 is 0. The number of aliphatic hydroxyl groups excluding tert-OH is 5. The van der Waals surface area contributed by atoms with E-state index >= 15 is 0 Å². The van der Waals surface area contributed by atoms with E-state index in [0.29, 0.717) is 25.7 Å². The van der Waals surface area contributed by atoms with Gasteiger partial charge in [-0.2, -0.15) is 0 Å². The number of allylic oxidation sites excluding steroid dienone is 2. The molecule has 0 unspecified atom stereocenters. The molecule has 0 amide bonds. The van der Waals surface area contributed by atoms with Crippen LogP contribution in [0.25, 0.3) is 0 Å². The quantitative estimate of drug-likeness (QED) is 0.171. The highest BCUT2D eigenvalue weighted by Crippen LogP contribution is 2.75. The van der Waals surface area contributed by atoms with Gasteiger partial charge in [0.05, 0.1) is 11.5 Å². The van der Waals surface area contributed by atoms with Crippen molar-refractivity contribution >= 4 is 23.7 Å². The summed E-state index contributed by atoms with van der Waals surface area (Å²) in [4.78, 5) is 51.3. The number of rotatable bonds is 7. The third-order valence-corrected chi connectivity index (χ3v) is 17.2. The lowest BCUT2D eigenvalue weighted by Gasteiger charge is -2.70. The Kier molecular flexibility index (Phi) is 10.7. The number of carbonyl (C=O) groups is 4. The molecule has 58 heavy (non-hydrogen) atoms. The molecule has 16 heteroatoms. The predicted molar refractivity (Wildman–Crippen MR) is 199 cm³/mol. The fourth-order valence-corrected chi connectivity index (χ4v) is 13.4. The van der Waals surface area contributed by atoms with Crippen LogP contribution < -0.4 is 0 Å². The average Bonchev–Trinajstić information content (AvgIpc) is 3.13. The Hall–Kier alpha value is -2.54. The molecule has 326 valence electrons. The summed E-state index contributed by atoms with van der Waals surface area (Å²) in [5.74, 6) is -4.47. The second-order valence-corrected chi connectivity index (χ2v) is 20.6. The molecule has 0 aromatic rings. The van der Waals surface area contributed by atoms with E-state index in [9.17, 15) is 60.0 Å². The number of fused-ring (bicyclic) bond motifs is 7. The second-order valence-electron chi connectivity index (χ2n) is 20.6. The fraction of sp³-hybridized carbons (Fsp3) is 0.857. The SMILES string of the molecule is CC1(C)[C@H](O[C@H]2O[C@H](C(=O)O)[C@@H](O)[C@H](O)[C@H]2O[C@@H]2O[C@H](C(=O)O)[C@@H](O)[C@H](O)[C@H]2O)CC[C@]2(C)[C@H]3C(=O)C=C4[C@@H]5C[C@@](C)(C(=O)O)CC[C@]5(C)CC[C@@]4(C)[C@]3(C)CC[C@@H]12. The van der Waals surface area contributed by atoms with Crippen LogP contribution in [-0.4, -0.2) is 132 Å². The van der Waals surface area contributed by atoms with Gasteiger partial charge in [0.15, 0.2) is 30.6 Å². The fourth-order valence-electron chi connectivity index (χ4n) is 13.4. The molecule has 2 aliphatic heterocycles. The summed E-state index contributed by atoms with van der Waals surface area (Å²) in [6, 6.07) is 0. The van der Waals surface area contributed by atoms with E-state index in [-0.39, 0.29) is 34.4 Å². The van der Waals surface area contributed by atoms with Gasteiger partial charge < -0.3 is 59.8 Å². The molecule has 8 N–H and O–H groups in total. The van der Waals surface area contributed by atoms with Crippen LogP contribution in [0.3, 0.4) is 0 Å². The Morgan fingerprint density at radius 3 is 1.88 bits per heavy atom. The Morgan fingerprint density at radius 1 is 0.690 bits per heavy atom. The van der Waals surface area contributed by atoms with Gasteiger partial charge in [-0.1, -0.05) is 47.1 Å². The molecule has 7 rings (SSSR count). The molecule has 0 aromatic carbocycles. The van der Waals surface area contributed by atoms with Crippen LogP contribution in [0.15, 0.2) is 11.6 Å². The van der Waals surface area contributed by atoms with Crippen molar-refractivity contribution < 1.29 is 79.0 Å². The van der Waals surface area contributed by atoms with Gasteiger partial charge >= 0.3 is 17.9 Å². The van der Waals surface area contributed by atoms with Crippen molar-refractivity contribution in [3.63, 3.8) is 0 Å². The first-order valence-corrected chi connectivity index (χ1v) is 20.7. The van der Waals surface area contributed by atoms with Crippen LogP contribution >= 0.6 is 0 Å². The highest BCUT2D eigenvalue weighted by molar-refractivity contribution is 5.95. The Morgan fingerprint density at radius 2 is 1.28 bits per heavy atom. The molecular weight excluding hydrogens is 760 g/mol. The lowest BCUT2D eigenvalue weighted by atomic mass is 9.33. The largest absolute Gasteiger partial charge is 0.481 e. The van der Waals surface area contributed by atoms with E-state index in [1.807, 2.05) is 26.8 Å². The van der Waals surface area contributed by atoms with Crippen molar-refractivity contribution in [3.8, 4) is 0 Å². The normalized spacial score (nSPS) is 52.6. The number of aliphatic carboxylic acids is 3. The van der Waals surface area contributed by atoms with Crippen molar-refractivity contribution in [2.75, 3.05) is 0 Å². The van der Waals surface area contributed by atoms with E-state index in [4.69, 9.17) is 18.9 Å². The van der Waals surface area contributed by atoms with Crippen LogP contribution in [0.4, 0.5) is 0 Å². The van der Waals surface area contributed by atoms with Crippen LogP contribution in [0.1, 0.15) is 106 Å². The topological polar surface area (TPSA) is 267 Å². The van der Waals surface area contributed by atoms with Crippen LogP contribution in [0, 0.1) is 50.2 Å². The Bertz CT molecular complexity index is 1730. The maximum atomic E-state index is 14.8. The molecule has 5 aliphatic carbocycles. The van der Waals surface area contributed by atoms with Crippen molar-refractivity contribution in [3.05, 3.63) is 11.6 Å². The minimum absolute atomic E-state index is 0.0217. The summed E-state index contributed by atoms with van der Waals surface area (Å²) in [6.07, 6.45) is -12.2. The molecule has 0 spiro atoms. The molecule has 7 aliphatic rings. The third kappa shape index (κ3) is 6.25. The van der Waals surface area contributed by atoms with E-state index in [1.165, 1.54) is 0 Å². The molecular formula is C42H62O16. The first-order valence-electron chi connectivity index (χ1n) is 20.7. The third-order valence-electron chi connectivity index (χ3n) is 17.2. The monoisotopic (exact) mass is 822 g/mol. The number of ether oxygens (including phenoxy) is 4. The van der Waals surface area contributed by atoms with Gasteiger partial charge in [0.25, 0.3) is 0 Å². The minimum Gasteiger partial charge on any atom is -0.481 e. The number of hydrogen-bond acceptors (Lipinski definition) is 13. The number of ketones is 1. The first-order chi connectivity index (χ1) is 26.8. The van der Waals surface area contributed by atoms with Gasteiger partial charge in [-0.25, -0.2) is 9.59 Å². The number of carbonyl (C=O) groups excluding carboxylic acids is 1. The van der Waals surface area contributed by atoms with E-state index in [0.717, 1.165) is 37.7 Å². The maximum absolute atomic E-state index is 14.8. The zero-order valence-electron chi connectivity index (χ0n) is 34.4. The van der Waals surface area contributed by atoms with Crippen molar-refractivity contribution in [1.29, 1.82) is 0 Å². The lowest BCUT2D eigenvalue weighted by molar-refractivity contribution is -0.371. The Labute approximate surface area is 337 Å². The van der Waals surface area contributed by atoms with Gasteiger partial charge in [-0.15, -0.1) is 0 Å². The zero-order chi connectivity index (χ0) is 42.9. The minimum atomic E-state index is -2.05. The van der Waals surface area contributed by atoms with E-state index < -0.39 is 107 Å². The van der Waals surface area contributed by atoms with Gasteiger partial charge in [0.1, 0.15) is 36.6 Å². The van der Waals surface area contributed by atoms with Gasteiger partial charge in [-0.3, -0.25) is 9.59 Å². The Balaban J connectivity index is 1.17. The summed E-state index contributed by atoms with van der Waals surface area (Å²) in [5.41, 5.74) is -1.81. The average molecular weight is 823 g/mol. The van der Waals surface area contributed by atoms with Gasteiger partial charge in [0, 0.05) is 5.92 Å². The molecule has 16 nitrogen and oxygen atoms in total. The number of carboxylic acids is 3. The highest BCUT2D eigenvalue weighted by Gasteiger charge is 2.71. The van der Waals surface area contributed by atoms with Gasteiger partial charge in [0.2, 0.25) is 0 Å². The zero-order valence-corrected chi connectivity index (χ0v) is 34.4. The van der Waals surface area contributed by atoms with E-state index in [1.54, 1.807) is 0 Å². The molecule has 0 radical (unpaired) electrons. The molecule has 4 saturated carbocycles. The summed E-state index contributed by atoms with van der Waals surface area (Å²) in [7, 11) is 0. The molecule has 0 aromatic heterocycles. The second kappa shape index (κ2) is 14.3. The van der Waals surface area contributed by atoms with E-state index in [2.05, 4.69) is 27.7 Å². The van der Waals surface area contributed by atoms with Crippen molar-refractivity contribution in [2.24, 2.45) is 50.2 Å². The van der Waals surface area contributed by atoms with Crippen LogP contribution in [-0.2, 0) is 38.1 Å². The molecule has 2 heterocycles. The van der Waals surface area contributed by atoms with Crippen LogP contribution in [0.5, 0.6) is 0 Å². The number of hydrogen-bond donors (Lipinski definition) is 8. The number of carboxylic acid groups (broad SMARTS) is 3. The van der Waals surface area contributed by atoms with Crippen molar-refractivity contribution in [2.45, 2.75) is 174 Å². The summed E-state index contributed by atoms with van der Waals surface area (Å²) < 4.78 is 23.4. The highest BCUT2D eigenvalue weighted by atomic mass is 16.8. The first kappa shape index (κ1) is 43.5. The molecule has 6 fully saturated rings. The molecule has 2 saturated heterocycles. The maximum Gasteiger partial charge on any atom is 0.335 e. The van der Waals surface area contributed by atoms with Crippen LogP contribution in [0.2, 0.25) is 0 Å². The summed E-state index contributed by atoms with van der Waals surface area (Å²) in [5, 5.41) is 83.0. The summed E-state index contributed by atoms with van der Waals surface area (Å²) in [6.45, 7) is 14.8. The standard InChI is InChI=1S/C42H62O16/c1-37(2)21-8-11-42(7)31(20(43)16-18-19-17-39(4,36(53)54)13-12-38(19,3)14-15-41(18,42)6)40(21,5)10-9-22(37)55-35-30(26(47)25(46)29(57-35)33(51)52)58-34-27(48)23(44)24(45)28(56-34)32(49)50/h16,19,21-31,34-35,44-48H,8-15,17H2,1-7H3,(H,49,50)(H,51,52)(H,53,54)/t19-,21-,22+,23-,24-,25-,26-,27+,28-,29-,30+,31+,34-,35-,38+,39-,40-,41+,42+/m0/s1. The smallest absolute Gasteiger partial charge is 0.335 e. The number of aliphatic hydroxyl groups is 5. The molecule has 0 bridgehead atoms. The van der Waals surface area contributed by atoms with Gasteiger partial charge in [-0.05, 0) is 110 Å².